The van der Waals surface area contributed by atoms with Gasteiger partial charge in [-0.05, 0) is 24.7 Å². The van der Waals surface area contributed by atoms with Crippen LogP contribution < -0.4 is 5.73 Å². The van der Waals surface area contributed by atoms with Crippen LogP contribution in [0.2, 0.25) is 0 Å². The first-order chi connectivity index (χ1) is 8.76. The summed E-state index contributed by atoms with van der Waals surface area (Å²) in [5, 5.41) is 3.13. The Labute approximate surface area is 108 Å². The second-order valence-corrected chi connectivity index (χ2v) is 5.02. The molecule has 3 rings (SSSR count). The van der Waals surface area contributed by atoms with Gasteiger partial charge in [-0.3, -0.25) is 0 Å². The molecule has 0 saturated carbocycles. The molecule has 0 aliphatic carbocycles. The minimum absolute atomic E-state index is 0.633. The zero-order chi connectivity index (χ0) is 12.5. The number of hydrogen-bond acceptors (Lipinski definition) is 5. The second-order valence-electron chi connectivity index (χ2n) is 4.08. The third-order valence-electron chi connectivity index (χ3n) is 2.70. The minimum Gasteiger partial charge on any atom is -0.441 e. The van der Waals surface area contributed by atoms with Gasteiger partial charge in [0.25, 0.3) is 0 Å². The Balaban J connectivity index is 2.01. The van der Waals surface area contributed by atoms with E-state index in [2.05, 4.69) is 15.3 Å². The van der Waals surface area contributed by atoms with Crippen molar-refractivity contribution in [3.8, 4) is 11.3 Å². The van der Waals surface area contributed by atoms with Crippen molar-refractivity contribution in [3.63, 3.8) is 0 Å². The SMILES string of the molecule is Cc1nc2cc(-c3csc(CCN)n3)ccc2o1. The van der Waals surface area contributed by atoms with Crippen LogP contribution in [-0.2, 0) is 6.42 Å². The van der Waals surface area contributed by atoms with Gasteiger partial charge in [-0.25, -0.2) is 9.97 Å². The maximum atomic E-state index is 5.53. The third kappa shape index (κ3) is 2.02. The summed E-state index contributed by atoms with van der Waals surface area (Å²) in [7, 11) is 0. The fourth-order valence-electron chi connectivity index (χ4n) is 1.88. The highest BCUT2D eigenvalue weighted by Gasteiger charge is 2.07. The van der Waals surface area contributed by atoms with Crippen LogP contribution in [0.15, 0.2) is 28.0 Å². The van der Waals surface area contributed by atoms with Crippen LogP contribution in [-0.4, -0.2) is 16.5 Å². The van der Waals surface area contributed by atoms with E-state index in [1.807, 2.05) is 25.1 Å². The maximum absolute atomic E-state index is 5.53. The maximum Gasteiger partial charge on any atom is 0.192 e. The summed E-state index contributed by atoms with van der Waals surface area (Å²) in [4.78, 5) is 8.90. The molecule has 2 heterocycles. The first-order valence-corrected chi connectivity index (χ1v) is 6.66. The van der Waals surface area contributed by atoms with Crippen LogP contribution in [0.5, 0.6) is 0 Å². The van der Waals surface area contributed by atoms with Crippen LogP contribution in [0.4, 0.5) is 0 Å². The Morgan fingerprint density at radius 2 is 2.22 bits per heavy atom. The Morgan fingerprint density at radius 1 is 1.33 bits per heavy atom. The Bertz CT molecular complexity index is 686. The lowest BCUT2D eigenvalue weighted by atomic mass is 10.1. The monoisotopic (exact) mass is 259 g/mol. The van der Waals surface area contributed by atoms with Crippen LogP contribution in [0.1, 0.15) is 10.9 Å². The van der Waals surface area contributed by atoms with E-state index in [9.17, 15) is 0 Å². The topological polar surface area (TPSA) is 64.9 Å². The average Bonchev–Trinajstić information content (AvgIpc) is 2.93. The summed E-state index contributed by atoms with van der Waals surface area (Å²) in [6.07, 6.45) is 0.829. The van der Waals surface area contributed by atoms with E-state index in [0.29, 0.717) is 12.4 Å². The highest BCUT2D eigenvalue weighted by Crippen LogP contribution is 2.26. The van der Waals surface area contributed by atoms with E-state index in [4.69, 9.17) is 10.2 Å². The largest absolute Gasteiger partial charge is 0.441 e. The number of fused-ring (bicyclic) bond motifs is 1. The summed E-state index contributed by atoms with van der Waals surface area (Å²) < 4.78 is 5.46. The van der Waals surface area contributed by atoms with Crippen molar-refractivity contribution in [3.05, 3.63) is 34.5 Å². The van der Waals surface area contributed by atoms with E-state index >= 15 is 0 Å². The lowest BCUT2D eigenvalue weighted by molar-refractivity contribution is 0.561. The normalized spacial score (nSPS) is 11.2. The lowest BCUT2D eigenvalue weighted by Gasteiger charge is -1.95. The predicted molar refractivity (Wildman–Crippen MR) is 72.6 cm³/mol. The first-order valence-electron chi connectivity index (χ1n) is 5.78. The van der Waals surface area contributed by atoms with Crippen molar-refractivity contribution in [2.75, 3.05) is 6.54 Å². The number of aromatic nitrogens is 2. The molecule has 2 aromatic heterocycles. The molecule has 0 aliphatic heterocycles. The molecule has 0 aliphatic rings. The molecule has 0 unspecified atom stereocenters. The Kier molecular flexibility index (Phi) is 2.85. The summed E-state index contributed by atoms with van der Waals surface area (Å²) in [6, 6.07) is 5.95. The zero-order valence-electron chi connectivity index (χ0n) is 10.0. The third-order valence-corrected chi connectivity index (χ3v) is 3.61. The van der Waals surface area contributed by atoms with Gasteiger partial charge in [0, 0.05) is 24.3 Å². The van der Waals surface area contributed by atoms with Gasteiger partial charge >= 0.3 is 0 Å². The highest BCUT2D eigenvalue weighted by molar-refractivity contribution is 7.09. The van der Waals surface area contributed by atoms with E-state index in [1.165, 1.54) is 0 Å². The molecule has 3 aromatic rings. The molecular formula is C13H13N3OS. The van der Waals surface area contributed by atoms with E-state index in [1.54, 1.807) is 11.3 Å². The first kappa shape index (κ1) is 11.4. The van der Waals surface area contributed by atoms with Crippen molar-refractivity contribution in [1.82, 2.24) is 9.97 Å². The molecule has 1 aromatic carbocycles. The van der Waals surface area contributed by atoms with Gasteiger partial charge in [-0.15, -0.1) is 11.3 Å². The van der Waals surface area contributed by atoms with Crippen LogP contribution >= 0.6 is 11.3 Å². The molecule has 0 atom stereocenters. The van der Waals surface area contributed by atoms with Gasteiger partial charge in [0.15, 0.2) is 11.5 Å². The molecule has 0 bridgehead atoms. The van der Waals surface area contributed by atoms with Gasteiger partial charge in [0.05, 0.1) is 10.7 Å². The number of benzene rings is 1. The van der Waals surface area contributed by atoms with Crippen molar-refractivity contribution >= 4 is 22.4 Å². The number of nitrogens with two attached hydrogens (primary N) is 1. The molecule has 4 nitrogen and oxygen atoms in total. The molecule has 5 heteroatoms. The fourth-order valence-corrected chi connectivity index (χ4v) is 2.71. The molecule has 0 amide bonds. The fraction of sp³-hybridized carbons (Fsp3) is 0.231. The lowest BCUT2D eigenvalue weighted by Crippen LogP contribution is -2.01. The summed E-state index contributed by atoms with van der Waals surface area (Å²) in [6.45, 7) is 2.48. The summed E-state index contributed by atoms with van der Waals surface area (Å²) >= 11 is 1.64. The van der Waals surface area contributed by atoms with Gasteiger partial charge in [0.1, 0.15) is 5.52 Å². The van der Waals surface area contributed by atoms with Gasteiger partial charge in [-0.2, -0.15) is 0 Å². The molecule has 18 heavy (non-hydrogen) atoms. The minimum atomic E-state index is 0.633. The second kappa shape index (κ2) is 4.51. The number of aryl methyl sites for hydroxylation is 1. The molecule has 0 saturated heterocycles. The molecule has 0 fully saturated rings. The van der Waals surface area contributed by atoms with Crippen LogP contribution in [0, 0.1) is 6.92 Å². The Hall–Kier alpha value is -1.72. The van der Waals surface area contributed by atoms with E-state index in [0.717, 1.165) is 33.8 Å². The predicted octanol–water partition coefficient (Wildman–Crippen LogP) is 2.76. The molecule has 92 valence electrons. The Morgan fingerprint density at radius 3 is 3.06 bits per heavy atom. The highest BCUT2D eigenvalue weighted by atomic mass is 32.1. The number of thiazole rings is 1. The molecular weight excluding hydrogens is 246 g/mol. The van der Waals surface area contributed by atoms with Crippen molar-refractivity contribution < 1.29 is 4.42 Å². The smallest absolute Gasteiger partial charge is 0.192 e. The van der Waals surface area contributed by atoms with E-state index < -0.39 is 0 Å². The molecule has 0 radical (unpaired) electrons. The number of rotatable bonds is 3. The zero-order valence-corrected chi connectivity index (χ0v) is 10.8. The van der Waals surface area contributed by atoms with Crippen molar-refractivity contribution in [1.29, 1.82) is 0 Å². The standard InChI is InChI=1S/C13H13N3OS/c1-8-15-10-6-9(2-3-12(10)17-8)11-7-18-13(16-11)4-5-14/h2-3,6-7H,4-5,14H2,1H3. The number of nitrogens with zero attached hydrogens (tertiary/aromatic N) is 2. The number of hydrogen-bond donors (Lipinski definition) is 1. The van der Waals surface area contributed by atoms with Crippen LogP contribution in [0.25, 0.3) is 22.4 Å². The molecule has 0 spiro atoms. The molecule has 2 N–H and O–H groups in total. The average molecular weight is 259 g/mol. The van der Waals surface area contributed by atoms with Crippen LogP contribution in [0.3, 0.4) is 0 Å². The van der Waals surface area contributed by atoms with Gasteiger partial charge in [-0.1, -0.05) is 0 Å². The number of oxazole rings is 1. The summed E-state index contributed by atoms with van der Waals surface area (Å²) in [5.74, 6) is 0.684. The van der Waals surface area contributed by atoms with Gasteiger partial charge < -0.3 is 10.2 Å². The van der Waals surface area contributed by atoms with E-state index in [-0.39, 0.29) is 0 Å². The van der Waals surface area contributed by atoms with Crippen molar-refractivity contribution in [2.45, 2.75) is 13.3 Å². The summed E-state index contributed by atoms with van der Waals surface area (Å²) in [5.41, 5.74) is 9.26. The van der Waals surface area contributed by atoms with Crippen molar-refractivity contribution in [2.24, 2.45) is 5.73 Å². The quantitative estimate of drug-likeness (QED) is 0.785. The van der Waals surface area contributed by atoms with Gasteiger partial charge in [0.2, 0.25) is 0 Å².